The van der Waals surface area contributed by atoms with Gasteiger partial charge < -0.3 is 10.4 Å². The number of carboxylic acid groups (broad SMARTS) is 1. The maximum absolute atomic E-state index is 13.6. The highest BCUT2D eigenvalue weighted by atomic mass is 79.9. The third-order valence-electron chi connectivity index (χ3n) is 2.59. The Morgan fingerprint density at radius 3 is 2.58 bits per heavy atom. The number of aliphatic carboxylic acids is 1. The average molecular weight is 332 g/mol. The van der Waals surface area contributed by atoms with Crippen LogP contribution in [0.3, 0.4) is 0 Å². The molecule has 0 bridgehead atoms. The van der Waals surface area contributed by atoms with E-state index in [1.807, 2.05) is 0 Å². The van der Waals surface area contributed by atoms with Crippen LogP contribution < -0.4 is 5.32 Å². The first-order valence-electron chi connectivity index (χ1n) is 5.70. The predicted molar refractivity (Wildman–Crippen MR) is 72.5 cm³/mol. The van der Waals surface area contributed by atoms with Crippen LogP contribution in [-0.2, 0) is 4.79 Å². The molecule has 1 aromatic carbocycles. The molecular weight excluding hydrogens is 317 g/mol. The number of carbonyl (C=O) groups is 2. The van der Waals surface area contributed by atoms with Gasteiger partial charge in [-0.25, -0.2) is 4.39 Å². The predicted octanol–water partition coefficient (Wildman–Crippen LogP) is 2.96. The lowest BCUT2D eigenvalue weighted by Gasteiger charge is -2.25. The fraction of sp³-hybridized carbons (Fsp3) is 0.385. The quantitative estimate of drug-likeness (QED) is 0.871. The fourth-order valence-corrected chi connectivity index (χ4v) is 1.86. The van der Waals surface area contributed by atoms with Crippen molar-refractivity contribution in [1.29, 1.82) is 0 Å². The van der Waals surface area contributed by atoms with E-state index in [0.717, 1.165) is 0 Å². The maximum Gasteiger partial charge on any atom is 0.303 e. The van der Waals surface area contributed by atoms with Crippen LogP contribution in [0.2, 0.25) is 0 Å². The van der Waals surface area contributed by atoms with Gasteiger partial charge in [-0.05, 0) is 38.5 Å². The lowest BCUT2D eigenvalue weighted by Crippen LogP contribution is -2.44. The Kier molecular flexibility index (Phi) is 5.05. The number of benzene rings is 1. The number of carboxylic acids is 1. The van der Waals surface area contributed by atoms with Gasteiger partial charge in [-0.15, -0.1) is 0 Å². The second kappa shape index (κ2) is 6.14. The van der Waals surface area contributed by atoms with E-state index in [1.165, 1.54) is 12.1 Å². The zero-order valence-electron chi connectivity index (χ0n) is 10.7. The standard InChI is InChI=1S/C13H15BrFNO3/c1-13(2,6-5-11(17)18)16-12(19)9-4-3-8(14)7-10(9)15/h3-4,7H,5-6H2,1-2H3,(H,16,19)(H,17,18). The summed E-state index contributed by atoms with van der Waals surface area (Å²) >= 11 is 3.11. The van der Waals surface area contributed by atoms with Gasteiger partial charge in [0.2, 0.25) is 0 Å². The monoisotopic (exact) mass is 331 g/mol. The molecule has 0 heterocycles. The number of halogens is 2. The minimum Gasteiger partial charge on any atom is -0.481 e. The van der Waals surface area contributed by atoms with Crippen LogP contribution in [0.15, 0.2) is 22.7 Å². The van der Waals surface area contributed by atoms with E-state index in [0.29, 0.717) is 4.47 Å². The van der Waals surface area contributed by atoms with Crippen molar-refractivity contribution in [2.24, 2.45) is 0 Å². The first kappa shape index (κ1) is 15.6. The molecule has 0 spiro atoms. The van der Waals surface area contributed by atoms with Gasteiger partial charge in [0, 0.05) is 16.4 Å². The highest BCUT2D eigenvalue weighted by molar-refractivity contribution is 9.10. The Bertz CT molecular complexity index is 503. The molecule has 0 atom stereocenters. The lowest BCUT2D eigenvalue weighted by atomic mass is 9.97. The van der Waals surface area contributed by atoms with Gasteiger partial charge in [0.1, 0.15) is 5.82 Å². The Balaban J connectivity index is 2.75. The molecular formula is C13H15BrFNO3. The van der Waals surface area contributed by atoms with Crippen LogP contribution >= 0.6 is 15.9 Å². The number of hydrogen-bond acceptors (Lipinski definition) is 2. The van der Waals surface area contributed by atoms with Gasteiger partial charge in [0.25, 0.3) is 5.91 Å². The molecule has 0 saturated carbocycles. The van der Waals surface area contributed by atoms with E-state index in [9.17, 15) is 14.0 Å². The topological polar surface area (TPSA) is 66.4 Å². The Labute approximate surface area is 119 Å². The zero-order chi connectivity index (χ0) is 14.6. The van der Waals surface area contributed by atoms with Crippen molar-refractivity contribution in [2.75, 3.05) is 0 Å². The zero-order valence-corrected chi connectivity index (χ0v) is 12.3. The number of nitrogens with one attached hydrogen (secondary N) is 1. The van der Waals surface area contributed by atoms with Crippen molar-refractivity contribution in [1.82, 2.24) is 5.32 Å². The number of hydrogen-bond donors (Lipinski definition) is 2. The SMILES string of the molecule is CC(C)(CCC(=O)O)NC(=O)c1ccc(Br)cc1F. The molecule has 6 heteroatoms. The number of amides is 1. The van der Waals surface area contributed by atoms with E-state index in [1.54, 1.807) is 19.9 Å². The van der Waals surface area contributed by atoms with Crippen LogP contribution in [0.5, 0.6) is 0 Å². The molecule has 0 saturated heterocycles. The summed E-state index contributed by atoms with van der Waals surface area (Å²) in [6.07, 6.45) is 0.211. The lowest BCUT2D eigenvalue weighted by molar-refractivity contribution is -0.137. The highest BCUT2D eigenvalue weighted by Crippen LogP contribution is 2.17. The van der Waals surface area contributed by atoms with E-state index < -0.39 is 23.2 Å². The molecule has 0 aliphatic rings. The first-order valence-corrected chi connectivity index (χ1v) is 6.50. The summed E-state index contributed by atoms with van der Waals surface area (Å²) in [7, 11) is 0. The van der Waals surface area contributed by atoms with Crippen LogP contribution in [0, 0.1) is 5.82 Å². The molecule has 0 aliphatic heterocycles. The van der Waals surface area contributed by atoms with Gasteiger partial charge in [-0.1, -0.05) is 15.9 Å². The van der Waals surface area contributed by atoms with Gasteiger partial charge in [-0.3, -0.25) is 9.59 Å². The second-order valence-electron chi connectivity index (χ2n) is 4.86. The summed E-state index contributed by atoms with van der Waals surface area (Å²) in [6, 6.07) is 4.16. The highest BCUT2D eigenvalue weighted by Gasteiger charge is 2.23. The van der Waals surface area contributed by atoms with E-state index in [-0.39, 0.29) is 18.4 Å². The molecule has 4 nitrogen and oxygen atoms in total. The molecule has 0 aliphatic carbocycles. The first-order chi connectivity index (χ1) is 8.71. The van der Waals surface area contributed by atoms with Gasteiger partial charge >= 0.3 is 5.97 Å². The maximum atomic E-state index is 13.6. The summed E-state index contributed by atoms with van der Waals surface area (Å²) in [5, 5.41) is 11.3. The van der Waals surface area contributed by atoms with Crippen LogP contribution in [0.4, 0.5) is 4.39 Å². The molecule has 1 aromatic rings. The Hall–Kier alpha value is -1.43. The molecule has 0 fully saturated rings. The van der Waals surface area contributed by atoms with E-state index in [2.05, 4.69) is 21.2 Å². The molecule has 19 heavy (non-hydrogen) atoms. The van der Waals surface area contributed by atoms with Crippen LogP contribution in [-0.4, -0.2) is 22.5 Å². The van der Waals surface area contributed by atoms with Crippen molar-refractivity contribution in [3.8, 4) is 0 Å². The summed E-state index contributed by atoms with van der Waals surface area (Å²) in [4.78, 5) is 22.4. The van der Waals surface area contributed by atoms with Gasteiger partial charge in [0.05, 0.1) is 5.56 Å². The molecule has 1 rings (SSSR count). The summed E-state index contributed by atoms with van der Waals surface area (Å²) in [5.74, 6) is -2.11. The van der Waals surface area contributed by atoms with Gasteiger partial charge in [-0.2, -0.15) is 0 Å². The molecule has 2 N–H and O–H groups in total. The van der Waals surface area contributed by atoms with Crippen LogP contribution in [0.25, 0.3) is 0 Å². The van der Waals surface area contributed by atoms with Crippen molar-refractivity contribution in [3.63, 3.8) is 0 Å². The van der Waals surface area contributed by atoms with Crippen LogP contribution in [0.1, 0.15) is 37.0 Å². The number of carbonyl (C=O) groups excluding carboxylic acids is 1. The summed E-state index contributed by atoms with van der Waals surface area (Å²) in [5.41, 5.74) is -0.777. The minimum absolute atomic E-state index is 0.0594. The Morgan fingerprint density at radius 1 is 1.42 bits per heavy atom. The Morgan fingerprint density at radius 2 is 2.05 bits per heavy atom. The molecule has 0 unspecified atom stereocenters. The molecule has 0 radical (unpaired) electrons. The average Bonchev–Trinajstić information content (AvgIpc) is 2.25. The fourth-order valence-electron chi connectivity index (χ4n) is 1.53. The normalized spacial score (nSPS) is 11.2. The molecule has 104 valence electrons. The van der Waals surface area contributed by atoms with E-state index >= 15 is 0 Å². The van der Waals surface area contributed by atoms with Crippen molar-refractivity contribution < 1.29 is 19.1 Å². The van der Waals surface area contributed by atoms with Crippen molar-refractivity contribution in [3.05, 3.63) is 34.1 Å². The third-order valence-corrected chi connectivity index (χ3v) is 3.08. The third kappa shape index (κ3) is 4.98. The van der Waals surface area contributed by atoms with Crippen molar-refractivity contribution in [2.45, 2.75) is 32.2 Å². The summed E-state index contributed by atoms with van der Waals surface area (Å²) < 4.78 is 14.2. The number of rotatable bonds is 5. The smallest absolute Gasteiger partial charge is 0.303 e. The van der Waals surface area contributed by atoms with Crippen molar-refractivity contribution >= 4 is 27.8 Å². The second-order valence-corrected chi connectivity index (χ2v) is 5.77. The molecule has 1 amide bonds. The molecule has 0 aromatic heterocycles. The van der Waals surface area contributed by atoms with E-state index in [4.69, 9.17) is 5.11 Å². The minimum atomic E-state index is -0.933. The van der Waals surface area contributed by atoms with Gasteiger partial charge in [0.15, 0.2) is 0 Å². The largest absolute Gasteiger partial charge is 0.481 e. The summed E-state index contributed by atoms with van der Waals surface area (Å²) in [6.45, 7) is 3.40.